The Kier molecular flexibility index (Phi) is 11.6. The second-order valence-corrected chi connectivity index (χ2v) is 13.5. The highest BCUT2D eigenvalue weighted by Crippen LogP contribution is 2.38. The number of benzene rings is 6. The first kappa shape index (κ1) is 46.5. The molecular weight excluding hydrogens is 968 g/mol. The number of aromatic nitrogens is 6. The summed E-state index contributed by atoms with van der Waals surface area (Å²) in [6.45, 7) is 0. The van der Waals surface area contributed by atoms with Crippen LogP contribution in [-0.4, -0.2) is 29.9 Å². The quantitative estimate of drug-likeness (QED) is 0.0899. The van der Waals surface area contributed by atoms with Gasteiger partial charge in [0.1, 0.15) is 0 Å². The average Bonchev–Trinajstić information content (AvgIpc) is 3.34. The molecule has 0 radical (unpaired) electrons. The summed E-state index contributed by atoms with van der Waals surface area (Å²) in [5.74, 6) is -59.7. The zero-order valence-corrected chi connectivity index (χ0v) is 31.9. The molecule has 0 saturated carbocycles. The van der Waals surface area contributed by atoms with E-state index >= 15 is 0 Å². The van der Waals surface area contributed by atoms with Crippen LogP contribution in [0.25, 0.3) is 79.5 Å². The lowest BCUT2D eigenvalue weighted by Gasteiger charge is -2.13. The number of halogens is 20. The Morgan fingerprint density at radius 1 is 0.162 bits per heavy atom. The van der Waals surface area contributed by atoms with Gasteiger partial charge in [-0.2, -0.15) is 0 Å². The minimum absolute atomic E-state index is 0.133. The Bertz CT molecular complexity index is 2940. The summed E-state index contributed by atoms with van der Waals surface area (Å²) < 4.78 is 289. The predicted molar refractivity (Wildman–Crippen MR) is 190 cm³/mol. The van der Waals surface area contributed by atoms with Crippen LogP contribution >= 0.6 is 0 Å². The van der Waals surface area contributed by atoms with Crippen LogP contribution in [0.4, 0.5) is 87.8 Å². The Hall–Kier alpha value is -8.06. The van der Waals surface area contributed by atoms with E-state index in [-0.39, 0.29) is 22.3 Å². The summed E-state index contributed by atoms with van der Waals surface area (Å²) in [4.78, 5) is 21.0. The first-order valence-corrected chi connectivity index (χ1v) is 17.9. The van der Waals surface area contributed by atoms with Gasteiger partial charge in [0.05, 0.1) is 22.3 Å². The molecule has 0 spiro atoms. The minimum Gasteiger partial charge on any atom is -0.208 e. The van der Waals surface area contributed by atoms with E-state index in [1.54, 1.807) is 0 Å². The van der Waals surface area contributed by atoms with E-state index in [2.05, 4.69) is 29.9 Å². The fraction of sp³-hybridized carbons (Fsp3) is 0. The molecule has 0 bridgehead atoms. The van der Waals surface area contributed by atoms with Crippen molar-refractivity contribution < 1.29 is 87.8 Å². The molecule has 0 aliphatic carbocycles. The summed E-state index contributed by atoms with van der Waals surface area (Å²) in [7, 11) is 0. The molecule has 0 amide bonds. The van der Waals surface area contributed by atoms with Gasteiger partial charge in [0.25, 0.3) is 0 Å². The molecule has 0 atom stereocenters. The Morgan fingerprint density at radius 3 is 0.471 bits per heavy atom. The van der Waals surface area contributed by atoms with E-state index in [1.807, 2.05) is 0 Å². The monoisotopic (exact) mass is 976 g/mol. The maximum atomic E-state index is 14.9. The molecule has 68 heavy (non-hydrogen) atoms. The van der Waals surface area contributed by atoms with Crippen molar-refractivity contribution in [1.29, 1.82) is 0 Å². The molecule has 0 unspecified atom stereocenters. The highest BCUT2D eigenvalue weighted by Gasteiger charge is 2.35. The molecule has 6 aromatic carbocycles. The molecule has 26 heteroatoms. The molecule has 8 aromatic rings. The van der Waals surface area contributed by atoms with E-state index in [1.165, 1.54) is 0 Å². The van der Waals surface area contributed by atoms with Gasteiger partial charge in [-0.3, -0.25) is 0 Å². The average molecular weight is 977 g/mol. The maximum absolute atomic E-state index is 14.9. The van der Waals surface area contributed by atoms with E-state index in [0.717, 1.165) is 48.5 Å². The van der Waals surface area contributed by atoms with Crippen molar-refractivity contribution in [1.82, 2.24) is 29.9 Å². The van der Waals surface area contributed by atoms with Gasteiger partial charge >= 0.3 is 0 Å². The van der Waals surface area contributed by atoms with E-state index < -0.39 is 174 Å². The van der Waals surface area contributed by atoms with Crippen LogP contribution in [-0.2, 0) is 0 Å². The van der Waals surface area contributed by atoms with Crippen molar-refractivity contribution in [2.45, 2.75) is 0 Å². The van der Waals surface area contributed by atoms with E-state index in [9.17, 15) is 87.8 Å². The van der Waals surface area contributed by atoms with Gasteiger partial charge in [0, 0.05) is 11.1 Å². The SMILES string of the molecule is Fc1c(F)c(F)c(-c2nc(-c3ccc(-c4ccc(-c5nc(-c6c(F)c(F)c(F)c(F)c6F)nc(-c6c(F)c(F)c(F)c(F)c6F)n5)cc4)cc3)nc(-c3c(F)c(F)c(F)c(F)c3F)n2)c(F)c1F. The molecule has 0 fully saturated rings. The Balaban J connectivity index is 1.23. The first-order chi connectivity index (χ1) is 32.0. The first-order valence-electron chi connectivity index (χ1n) is 17.9. The van der Waals surface area contributed by atoms with Crippen molar-refractivity contribution >= 4 is 0 Å². The van der Waals surface area contributed by atoms with Crippen molar-refractivity contribution in [3.63, 3.8) is 0 Å². The summed E-state index contributed by atoms with van der Waals surface area (Å²) in [6.07, 6.45) is 0. The number of hydrogen-bond donors (Lipinski definition) is 0. The summed E-state index contributed by atoms with van der Waals surface area (Å²) in [5, 5.41) is 0. The van der Waals surface area contributed by atoms with Crippen LogP contribution in [0.5, 0.6) is 0 Å². The standard InChI is InChI=1S/C42H8F20N6/c43-17-13(18(44)26(52)33(59)25(17)51)39-63-37(64-40(67-39)14-19(45)27(53)34(60)28(54)20(14)46)11-5-1-9(2-6-11)10-3-7-12(8-4-10)38-65-41(15-21(47)29(55)35(61)30(56)22(15)48)68-42(66-38)16-23(49)31(57)36(62)32(58)24(16)50/h1-8H. The van der Waals surface area contributed by atoms with E-state index in [0.29, 0.717) is 0 Å². The largest absolute Gasteiger partial charge is 0.208 e. The molecule has 346 valence electrons. The normalized spacial score (nSPS) is 11.5. The topological polar surface area (TPSA) is 77.3 Å². The fourth-order valence-electron chi connectivity index (χ4n) is 6.29. The van der Waals surface area contributed by atoms with Gasteiger partial charge in [0.2, 0.25) is 23.3 Å². The Labute approximate surface area is 361 Å². The van der Waals surface area contributed by atoms with Crippen molar-refractivity contribution in [3.05, 3.63) is 165 Å². The van der Waals surface area contributed by atoms with Gasteiger partial charge in [-0.15, -0.1) is 0 Å². The molecule has 0 aliphatic heterocycles. The Morgan fingerprint density at radius 2 is 0.294 bits per heavy atom. The smallest absolute Gasteiger partial charge is 0.200 e. The second-order valence-electron chi connectivity index (χ2n) is 13.5. The zero-order valence-electron chi connectivity index (χ0n) is 31.9. The minimum atomic E-state index is -2.65. The number of nitrogens with zero attached hydrogens (tertiary/aromatic N) is 6. The molecule has 0 saturated heterocycles. The van der Waals surface area contributed by atoms with Crippen LogP contribution in [0.3, 0.4) is 0 Å². The fourth-order valence-corrected chi connectivity index (χ4v) is 6.29. The van der Waals surface area contributed by atoms with Crippen molar-refractivity contribution in [2.24, 2.45) is 0 Å². The molecule has 2 heterocycles. The third-order valence-corrected chi connectivity index (χ3v) is 9.62. The summed E-state index contributed by atoms with van der Waals surface area (Å²) in [5.41, 5.74) is -8.09. The molecule has 6 nitrogen and oxygen atoms in total. The predicted octanol–water partition coefficient (Wildman–Crippen LogP) is 12.5. The lowest BCUT2D eigenvalue weighted by molar-refractivity contribution is 0.380. The summed E-state index contributed by atoms with van der Waals surface area (Å²) in [6, 6.07) is 8.77. The highest BCUT2D eigenvalue weighted by atomic mass is 19.2. The lowest BCUT2D eigenvalue weighted by Crippen LogP contribution is -2.10. The van der Waals surface area contributed by atoms with Crippen LogP contribution in [0.1, 0.15) is 0 Å². The molecule has 0 aliphatic rings. The molecule has 2 aromatic heterocycles. The molecule has 0 N–H and O–H groups in total. The molecular formula is C42H8F20N6. The van der Waals surface area contributed by atoms with Crippen LogP contribution in [0.15, 0.2) is 48.5 Å². The maximum Gasteiger partial charge on any atom is 0.200 e. The number of rotatable bonds is 7. The highest BCUT2D eigenvalue weighted by molar-refractivity contribution is 5.74. The molecule has 8 rings (SSSR count). The number of hydrogen-bond acceptors (Lipinski definition) is 6. The van der Waals surface area contributed by atoms with E-state index in [4.69, 9.17) is 0 Å². The zero-order chi connectivity index (χ0) is 49.5. The van der Waals surface area contributed by atoms with Crippen LogP contribution in [0.2, 0.25) is 0 Å². The third-order valence-electron chi connectivity index (χ3n) is 9.62. The van der Waals surface area contributed by atoms with Crippen molar-refractivity contribution in [2.75, 3.05) is 0 Å². The third kappa shape index (κ3) is 7.34. The summed E-state index contributed by atoms with van der Waals surface area (Å²) >= 11 is 0. The second kappa shape index (κ2) is 17.0. The van der Waals surface area contributed by atoms with Crippen LogP contribution in [0, 0.1) is 116 Å². The van der Waals surface area contributed by atoms with Crippen LogP contribution < -0.4 is 0 Å². The van der Waals surface area contributed by atoms with Gasteiger partial charge in [0.15, 0.2) is 128 Å². The lowest BCUT2D eigenvalue weighted by atomic mass is 10.0. The van der Waals surface area contributed by atoms with Gasteiger partial charge in [-0.1, -0.05) is 48.5 Å². The van der Waals surface area contributed by atoms with Gasteiger partial charge in [-0.05, 0) is 11.1 Å². The van der Waals surface area contributed by atoms with Gasteiger partial charge < -0.3 is 0 Å². The van der Waals surface area contributed by atoms with Crippen molar-refractivity contribution in [3.8, 4) is 79.5 Å². The van der Waals surface area contributed by atoms with Gasteiger partial charge in [-0.25, -0.2) is 118 Å².